The predicted molar refractivity (Wildman–Crippen MR) is 155 cm³/mol. The second-order valence-corrected chi connectivity index (χ2v) is 9.37. The number of carbonyl (C=O) groups excluding carboxylic acids is 2. The number of unbranched alkanes of at least 4 members (excludes halogenated alkanes) is 3. The van der Waals surface area contributed by atoms with Crippen molar-refractivity contribution in [1.82, 2.24) is 0 Å². The molecule has 0 unspecified atom stereocenters. The molecule has 0 aliphatic heterocycles. The van der Waals surface area contributed by atoms with Crippen molar-refractivity contribution in [2.45, 2.75) is 52.6 Å². The summed E-state index contributed by atoms with van der Waals surface area (Å²) in [5.74, 6) is -0.370. The number of rotatable bonds is 17. The zero-order valence-electron chi connectivity index (χ0n) is 23.6. The molecule has 9 heteroatoms. The number of benzene rings is 3. The van der Waals surface area contributed by atoms with Gasteiger partial charge in [-0.3, -0.25) is 19.7 Å². The maximum atomic E-state index is 12.0. The summed E-state index contributed by atoms with van der Waals surface area (Å²) >= 11 is 0. The van der Waals surface area contributed by atoms with Crippen LogP contribution in [0.4, 0.5) is 5.69 Å². The zero-order chi connectivity index (χ0) is 29.5. The number of non-ortho nitro benzene ring substituents is 1. The number of nitro benzene ring substituents is 1. The number of nitrogens with zero attached hydrogens (tertiary/aromatic N) is 1. The monoisotopic (exact) mass is 563 g/mol. The molecular weight excluding hydrogens is 526 g/mol. The van der Waals surface area contributed by atoms with Gasteiger partial charge in [-0.25, -0.2) is 0 Å². The Morgan fingerprint density at radius 2 is 1.22 bits per heavy atom. The summed E-state index contributed by atoms with van der Waals surface area (Å²) in [5, 5.41) is 10.8. The van der Waals surface area contributed by atoms with Crippen LogP contribution in [0.3, 0.4) is 0 Å². The first kappa shape index (κ1) is 31.1. The molecule has 0 heterocycles. The SMILES string of the molecule is CCOC(=O)C(CCCCCCOc1ccc(-c2ccc(OCc3ccc([N+](=O)[O-])cc3)cc2)cc1)C(=O)OCC. The summed E-state index contributed by atoms with van der Waals surface area (Å²) in [5.41, 5.74) is 3.01. The molecule has 0 radical (unpaired) electrons. The lowest BCUT2D eigenvalue weighted by molar-refractivity contribution is -0.384. The standard InChI is InChI=1S/C32H37NO8/c1-3-38-31(34)30(32(35)39-4-2)9-7-5-6-8-22-40-28-18-12-25(13-19-28)26-14-20-29(21-15-26)41-23-24-10-16-27(17-11-24)33(36)37/h10-21,30H,3-9,22-23H2,1-2H3. The van der Waals surface area contributed by atoms with Crippen LogP contribution in [-0.2, 0) is 25.7 Å². The molecular formula is C32H37NO8. The molecule has 0 saturated carbocycles. The van der Waals surface area contributed by atoms with Crippen molar-refractivity contribution in [1.29, 1.82) is 0 Å². The molecule has 3 rings (SSSR count). The van der Waals surface area contributed by atoms with Crippen LogP contribution < -0.4 is 9.47 Å². The van der Waals surface area contributed by atoms with Gasteiger partial charge in [-0.1, -0.05) is 43.5 Å². The molecule has 9 nitrogen and oxygen atoms in total. The Labute approximate surface area is 240 Å². The molecule has 0 aliphatic rings. The molecule has 0 bridgehead atoms. The third kappa shape index (κ3) is 10.3. The molecule has 41 heavy (non-hydrogen) atoms. The summed E-state index contributed by atoms with van der Waals surface area (Å²) in [7, 11) is 0. The smallest absolute Gasteiger partial charge is 0.320 e. The van der Waals surface area contributed by atoms with Crippen LogP contribution in [0, 0.1) is 16.0 Å². The number of ether oxygens (including phenoxy) is 4. The first-order valence-corrected chi connectivity index (χ1v) is 13.9. The maximum absolute atomic E-state index is 12.0. The minimum absolute atomic E-state index is 0.0561. The molecule has 218 valence electrons. The van der Waals surface area contributed by atoms with Gasteiger partial charge in [0.25, 0.3) is 5.69 Å². The minimum Gasteiger partial charge on any atom is -0.494 e. The molecule has 0 atom stereocenters. The Morgan fingerprint density at radius 1 is 0.707 bits per heavy atom. The molecule has 0 spiro atoms. The van der Waals surface area contributed by atoms with E-state index in [-0.39, 0.29) is 18.9 Å². The number of carbonyl (C=O) groups is 2. The number of hydrogen-bond acceptors (Lipinski definition) is 8. The van der Waals surface area contributed by atoms with Gasteiger partial charge in [0.15, 0.2) is 5.92 Å². The highest BCUT2D eigenvalue weighted by atomic mass is 16.6. The largest absolute Gasteiger partial charge is 0.494 e. The van der Waals surface area contributed by atoms with Gasteiger partial charge >= 0.3 is 11.9 Å². The second-order valence-electron chi connectivity index (χ2n) is 9.37. The van der Waals surface area contributed by atoms with E-state index in [1.807, 2.05) is 48.5 Å². The predicted octanol–water partition coefficient (Wildman–Crippen LogP) is 6.91. The topological polar surface area (TPSA) is 114 Å². The number of nitro groups is 1. The number of esters is 2. The second kappa shape index (κ2) is 16.6. The van der Waals surface area contributed by atoms with Crippen molar-refractivity contribution in [3.63, 3.8) is 0 Å². The molecule has 0 fully saturated rings. The van der Waals surface area contributed by atoms with Gasteiger partial charge in [-0.2, -0.15) is 0 Å². The summed E-state index contributed by atoms with van der Waals surface area (Å²) in [6, 6.07) is 22.0. The van der Waals surface area contributed by atoms with E-state index >= 15 is 0 Å². The van der Waals surface area contributed by atoms with Crippen LogP contribution in [0.2, 0.25) is 0 Å². The quantitative estimate of drug-likeness (QED) is 0.0572. The van der Waals surface area contributed by atoms with E-state index in [9.17, 15) is 19.7 Å². The van der Waals surface area contributed by atoms with Gasteiger partial charge in [-0.15, -0.1) is 0 Å². The highest BCUT2D eigenvalue weighted by Crippen LogP contribution is 2.25. The molecule has 3 aromatic rings. The fourth-order valence-electron chi connectivity index (χ4n) is 4.18. The van der Waals surface area contributed by atoms with Crippen molar-refractivity contribution >= 4 is 17.6 Å². The lowest BCUT2D eigenvalue weighted by atomic mass is 10.0. The summed E-state index contributed by atoms with van der Waals surface area (Å²) in [6.07, 6.45) is 3.83. The zero-order valence-corrected chi connectivity index (χ0v) is 23.6. The van der Waals surface area contributed by atoms with Crippen LogP contribution in [0.1, 0.15) is 51.5 Å². The van der Waals surface area contributed by atoms with Crippen LogP contribution in [0.5, 0.6) is 11.5 Å². The molecule has 3 aromatic carbocycles. The Hall–Kier alpha value is -4.40. The van der Waals surface area contributed by atoms with E-state index < -0.39 is 22.8 Å². The summed E-state index contributed by atoms with van der Waals surface area (Å²) in [6.45, 7) is 4.82. The van der Waals surface area contributed by atoms with Gasteiger partial charge < -0.3 is 18.9 Å². The van der Waals surface area contributed by atoms with Gasteiger partial charge in [-0.05, 0) is 79.8 Å². The third-order valence-electron chi connectivity index (χ3n) is 6.39. The molecule has 0 aromatic heterocycles. The van der Waals surface area contributed by atoms with E-state index in [4.69, 9.17) is 18.9 Å². The average Bonchev–Trinajstić information content (AvgIpc) is 2.98. The third-order valence-corrected chi connectivity index (χ3v) is 6.39. The molecule has 0 amide bonds. The number of hydrogen-bond donors (Lipinski definition) is 0. The van der Waals surface area contributed by atoms with Crippen molar-refractivity contribution in [2.24, 2.45) is 5.92 Å². The Kier molecular flexibility index (Phi) is 12.6. The van der Waals surface area contributed by atoms with Gasteiger partial charge in [0.1, 0.15) is 18.1 Å². The van der Waals surface area contributed by atoms with E-state index in [0.29, 0.717) is 25.4 Å². The van der Waals surface area contributed by atoms with Crippen LogP contribution in [0.25, 0.3) is 11.1 Å². The summed E-state index contributed by atoms with van der Waals surface area (Å²) in [4.78, 5) is 34.4. The first-order chi connectivity index (χ1) is 19.9. The highest BCUT2D eigenvalue weighted by Gasteiger charge is 2.28. The fourth-order valence-corrected chi connectivity index (χ4v) is 4.18. The van der Waals surface area contributed by atoms with Crippen LogP contribution >= 0.6 is 0 Å². The lowest BCUT2D eigenvalue weighted by Gasteiger charge is -2.14. The molecule has 0 N–H and O–H groups in total. The van der Waals surface area contributed by atoms with Crippen molar-refractivity contribution in [2.75, 3.05) is 19.8 Å². The normalized spacial score (nSPS) is 10.7. The van der Waals surface area contributed by atoms with E-state index in [0.717, 1.165) is 48.1 Å². The Bertz CT molecular complexity index is 1220. The van der Waals surface area contributed by atoms with Crippen molar-refractivity contribution in [3.05, 3.63) is 88.5 Å². The van der Waals surface area contributed by atoms with E-state index in [1.165, 1.54) is 12.1 Å². The van der Waals surface area contributed by atoms with Gasteiger partial charge in [0, 0.05) is 12.1 Å². The Morgan fingerprint density at radius 3 is 1.73 bits per heavy atom. The van der Waals surface area contributed by atoms with Crippen LogP contribution in [0.15, 0.2) is 72.8 Å². The van der Waals surface area contributed by atoms with Crippen molar-refractivity contribution < 1.29 is 33.5 Å². The summed E-state index contributed by atoms with van der Waals surface area (Å²) < 4.78 is 21.7. The first-order valence-electron chi connectivity index (χ1n) is 13.9. The van der Waals surface area contributed by atoms with Crippen molar-refractivity contribution in [3.8, 4) is 22.6 Å². The Balaban J connectivity index is 1.36. The van der Waals surface area contributed by atoms with E-state index in [1.54, 1.807) is 26.0 Å². The minimum atomic E-state index is -0.851. The van der Waals surface area contributed by atoms with Crippen LogP contribution in [-0.4, -0.2) is 36.7 Å². The van der Waals surface area contributed by atoms with Gasteiger partial charge in [0.05, 0.1) is 24.7 Å². The van der Waals surface area contributed by atoms with E-state index in [2.05, 4.69) is 0 Å². The fraction of sp³-hybridized carbons (Fsp3) is 0.375. The molecule has 0 aliphatic carbocycles. The highest BCUT2D eigenvalue weighted by molar-refractivity contribution is 5.94. The van der Waals surface area contributed by atoms with Gasteiger partial charge in [0.2, 0.25) is 0 Å². The maximum Gasteiger partial charge on any atom is 0.320 e. The lowest BCUT2D eigenvalue weighted by Crippen LogP contribution is -2.28. The molecule has 0 saturated heterocycles. The average molecular weight is 564 g/mol.